The van der Waals surface area contributed by atoms with Crippen molar-refractivity contribution in [1.29, 1.82) is 0 Å². The highest BCUT2D eigenvalue weighted by atomic mass is 32.1. The molecule has 1 aliphatic heterocycles. The summed E-state index contributed by atoms with van der Waals surface area (Å²) in [6.45, 7) is 1.91. The number of nitrogens with one attached hydrogen (secondary N) is 1. The summed E-state index contributed by atoms with van der Waals surface area (Å²) < 4.78 is 8.19. The normalized spacial score (nSPS) is 27.0. The Morgan fingerprint density at radius 2 is 2.56 bits per heavy atom. The SMILES string of the molecule is SNCCC1CCCO1. The van der Waals surface area contributed by atoms with Crippen LogP contribution < -0.4 is 4.72 Å². The molecule has 0 bridgehead atoms. The van der Waals surface area contributed by atoms with Crippen LogP contribution in [0.3, 0.4) is 0 Å². The third-order valence-electron chi connectivity index (χ3n) is 1.60. The highest BCUT2D eigenvalue weighted by Crippen LogP contribution is 2.14. The summed E-state index contributed by atoms with van der Waals surface area (Å²) in [7, 11) is 0. The van der Waals surface area contributed by atoms with Crippen molar-refractivity contribution in [3.63, 3.8) is 0 Å². The average Bonchev–Trinajstić information content (AvgIpc) is 2.34. The molecular formula is C6H13NOS. The Bertz CT molecular complexity index is 73.5. The van der Waals surface area contributed by atoms with Gasteiger partial charge in [0.2, 0.25) is 0 Å². The Labute approximate surface area is 61.5 Å². The lowest BCUT2D eigenvalue weighted by molar-refractivity contribution is 0.105. The molecule has 1 saturated heterocycles. The van der Waals surface area contributed by atoms with Gasteiger partial charge in [0, 0.05) is 13.2 Å². The predicted molar refractivity (Wildman–Crippen MR) is 40.6 cm³/mol. The van der Waals surface area contributed by atoms with Gasteiger partial charge in [-0.1, -0.05) is 12.8 Å². The summed E-state index contributed by atoms with van der Waals surface area (Å²) >= 11 is 3.89. The van der Waals surface area contributed by atoms with Crippen LogP contribution in [0.1, 0.15) is 19.3 Å². The third kappa shape index (κ3) is 2.56. The minimum atomic E-state index is 0.504. The molecule has 0 radical (unpaired) electrons. The summed E-state index contributed by atoms with van der Waals surface area (Å²) in [5.41, 5.74) is 0. The van der Waals surface area contributed by atoms with Crippen molar-refractivity contribution in [2.24, 2.45) is 0 Å². The molecule has 2 nitrogen and oxygen atoms in total. The molecule has 1 N–H and O–H groups in total. The van der Waals surface area contributed by atoms with E-state index in [0.29, 0.717) is 6.10 Å². The second-order valence-corrected chi connectivity index (χ2v) is 2.65. The molecule has 0 aromatic rings. The summed E-state index contributed by atoms with van der Waals surface area (Å²) in [6.07, 6.45) is 4.07. The first kappa shape index (κ1) is 7.38. The summed E-state index contributed by atoms with van der Waals surface area (Å²) in [4.78, 5) is 0. The van der Waals surface area contributed by atoms with E-state index in [1.54, 1.807) is 0 Å². The van der Waals surface area contributed by atoms with Crippen LogP contribution >= 0.6 is 12.8 Å². The number of rotatable bonds is 3. The minimum Gasteiger partial charge on any atom is -0.378 e. The van der Waals surface area contributed by atoms with Gasteiger partial charge in [-0.15, -0.1) is 0 Å². The van der Waals surface area contributed by atoms with E-state index in [1.807, 2.05) is 0 Å². The Morgan fingerprint density at radius 3 is 3.11 bits per heavy atom. The number of hydrogen-bond acceptors (Lipinski definition) is 3. The quantitative estimate of drug-likeness (QED) is 0.581. The Hall–Kier alpha value is 0.270. The van der Waals surface area contributed by atoms with Crippen molar-refractivity contribution >= 4 is 12.8 Å². The number of hydrogen-bond donors (Lipinski definition) is 2. The lowest BCUT2D eigenvalue weighted by Gasteiger charge is -2.06. The van der Waals surface area contributed by atoms with Crippen LogP contribution in [0.25, 0.3) is 0 Å². The monoisotopic (exact) mass is 147 g/mol. The highest BCUT2D eigenvalue weighted by molar-refractivity contribution is 7.78. The molecular weight excluding hydrogens is 134 g/mol. The number of ether oxygens (including phenoxy) is 1. The molecule has 0 aromatic carbocycles. The van der Waals surface area contributed by atoms with Crippen LogP contribution in [-0.4, -0.2) is 19.3 Å². The summed E-state index contributed by atoms with van der Waals surface area (Å²) in [5.74, 6) is 0. The zero-order valence-corrected chi connectivity index (χ0v) is 6.36. The molecule has 1 unspecified atom stereocenters. The first-order chi connectivity index (χ1) is 4.43. The Morgan fingerprint density at radius 1 is 1.67 bits per heavy atom. The van der Waals surface area contributed by atoms with Crippen LogP contribution in [0, 0.1) is 0 Å². The molecule has 1 fully saturated rings. The van der Waals surface area contributed by atoms with Gasteiger partial charge in [0.25, 0.3) is 0 Å². The molecule has 3 heteroatoms. The van der Waals surface area contributed by atoms with Gasteiger partial charge >= 0.3 is 0 Å². The maximum Gasteiger partial charge on any atom is 0.0588 e. The van der Waals surface area contributed by atoms with E-state index in [1.165, 1.54) is 12.8 Å². The largest absolute Gasteiger partial charge is 0.378 e. The maximum absolute atomic E-state index is 5.38. The zero-order chi connectivity index (χ0) is 6.53. The summed E-state index contributed by atoms with van der Waals surface area (Å²) in [5, 5.41) is 0. The zero-order valence-electron chi connectivity index (χ0n) is 5.47. The number of thiol groups is 1. The van der Waals surface area contributed by atoms with E-state index < -0.39 is 0 Å². The van der Waals surface area contributed by atoms with Gasteiger partial charge in [0.1, 0.15) is 0 Å². The predicted octanol–water partition coefficient (Wildman–Crippen LogP) is 0.990. The standard InChI is InChI=1S/C6H13NOS/c9-7-4-3-6-2-1-5-8-6/h6-7,9H,1-5H2. The van der Waals surface area contributed by atoms with Crippen LogP contribution in [0.4, 0.5) is 0 Å². The van der Waals surface area contributed by atoms with Crippen molar-refractivity contribution in [3.05, 3.63) is 0 Å². The minimum absolute atomic E-state index is 0.504. The first-order valence-electron chi connectivity index (χ1n) is 3.42. The second-order valence-electron chi connectivity index (χ2n) is 2.33. The van der Waals surface area contributed by atoms with Gasteiger partial charge in [-0.3, -0.25) is 4.72 Å². The average molecular weight is 147 g/mol. The molecule has 0 aromatic heterocycles. The first-order valence-corrected chi connectivity index (χ1v) is 3.87. The molecule has 0 amide bonds. The molecule has 1 aliphatic rings. The van der Waals surface area contributed by atoms with Crippen LogP contribution in [-0.2, 0) is 4.74 Å². The van der Waals surface area contributed by atoms with Gasteiger partial charge in [0.05, 0.1) is 6.10 Å². The molecule has 9 heavy (non-hydrogen) atoms. The fourth-order valence-corrected chi connectivity index (χ4v) is 1.23. The molecule has 0 saturated carbocycles. The van der Waals surface area contributed by atoms with Gasteiger partial charge in [-0.25, -0.2) is 0 Å². The topological polar surface area (TPSA) is 21.3 Å². The molecule has 1 rings (SSSR count). The van der Waals surface area contributed by atoms with Crippen LogP contribution in [0.15, 0.2) is 0 Å². The van der Waals surface area contributed by atoms with E-state index in [0.717, 1.165) is 19.6 Å². The lowest BCUT2D eigenvalue weighted by atomic mass is 10.2. The van der Waals surface area contributed by atoms with Crippen LogP contribution in [0.5, 0.6) is 0 Å². The molecule has 0 aliphatic carbocycles. The van der Waals surface area contributed by atoms with E-state index in [9.17, 15) is 0 Å². The van der Waals surface area contributed by atoms with Gasteiger partial charge in [0.15, 0.2) is 0 Å². The fraction of sp³-hybridized carbons (Fsp3) is 1.00. The van der Waals surface area contributed by atoms with E-state index in [-0.39, 0.29) is 0 Å². The van der Waals surface area contributed by atoms with Crippen molar-refractivity contribution < 1.29 is 4.74 Å². The van der Waals surface area contributed by atoms with E-state index in [2.05, 4.69) is 17.5 Å². The van der Waals surface area contributed by atoms with Gasteiger partial charge in [-0.05, 0) is 19.3 Å². The molecule has 54 valence electrons. The second kappa shape index (κ2) is 4.14. The fourth-order valence-electron chi connectivity index (χ4n) is 1.10. The van der Waals surface area contributed by atoms with E-state index >= 15 is 0 Å². The molecule has 1 atom stereocenters. The molecule has 1 heterocycles. The lowest BCUT2D eigenvalue weighted by Crippen LogP contribution is -2.12. The van der Waals surface area contributed by atoms with Crippen molar-refractivity contribution in [3.8, 4) is 0 Å². The maximum atomic E-state index is 5.38. The van der Waals surface area contributed by atoms with Gasteiger partial charge < -0.3 is 4.74 Å². The smallest absolute Gasteiger partial charge is 0.0588 e. The van der Waals surface area contributed by atoms with Gasteiger partial charge in [-0.2, -0.15) is 0 Å². The van der Waals surface area contributed by atoms with E-state index in [4.69, 9.17) is 4.74 Å². The Balaban J connectivity index is 1.98. The van der Waals surface area contributed by atoms with Crippen molar-refractivity contribution in [1.82, 2.24) is 4.72 Å². The summed E-state index contributed by atoms with van der Waals surface area (Å²) in [6, 6.07) is 0. The van der Waals surface area contributed by atoms with Crippen molar-refractivity contribution in [2.75, 3.05) is 13.2 Å². The molecule has 0 spiro atoms. The Kier molecular flexibility index (Phi) is 3.40. The van der Waals surface area contributed by atoms with Crippen LogP contribution in [0.2, 0.25) is 0 Å². The van der Waals surface area contributed by atoms with Crippen molar-refractivity contribution in [2.45, 2.75) is 25.4 Å². The third-order valence-corrected chi connectivity index (χ3v) is 1.83. The highest BCUT2D eigenvalue weighted by Gasteiger charge is 2.13.